The van der Waals surface area contributed by atoms with Crippen LogP contribution < -0.4 is 10.1 Å². The number of piperidine rings is 1. The zero-order valence-corrected chi connectivity index (χ0v) is 18.0. The summed E-state index contributed by atoms with van der Waals surface area (Å²) < 4.78 is 6.06. The van der Waals surface area contributed by atoms with Crippen molar-refractivity contribution in [3.63, 3.8) is 0 Å². The van der Waals surface area contributed by atoms with Gasteiger partial charge in [0.2, 0.25) is 5.91 Å². The van der Waals surface area contributed by atoms with E-state index in [9.17, 15) is 9.59 Å². The van der Waals surface area contributed by atoms with E-state index in [0.29, 0.717) is 42.1 Å². The first-order valence-electron chi connectivity index (χ1n) is 11.3. The van der Waals surface area contributed by atoms with Crippen molar-refractivity contribution in [3.05, 3.63) is 29.8 Å². The van der Waals surface area contributed by atoms with E-state index in [4.69, 9.17) is 4.74 Å². The first kappa shape index (κ1) is 21.7. The van der Waals surface area contributed by atoms with Crippen LogP contribution in [0.1, 0.15) is 75.6 Å². The van der Waals surface area contributed by atoms with Gasteiger partial charge in [-0.1, -0.05) is 31.4 Å². The average Bonchev–Trinajstić information content (AvgIpc) is 2.73. The number of hydrogen-bond acceptors (Lipinski definition) is 3. The number of likely N-dealkylation sites (tertiary alicyclic amines) is 1. The lowest BCUT2D eigenvalue weighted by molar-refractivity contribution is -0.134. The van der Waals surface area contributed by atoms with E-state index in [2.05, 4.69) is 5.32 Å². The van der Waals surface area contributed by atoms with Crippen molar-refractivity contribution in [2.45, 2.75) is 71.3 Å². The number of hydrogen-bond donors (Lipinski definition) is 1. The number of carbonyl (C=O) groups is 2. The van der Waals surface area contributed by atoms with Crippen LogP contribution in [0.4, 0.5) is 0 Å². The molecule has 5 nitrogen and oxygen atoms in total. The van der Waals surface area contributed by atoms with E-state index >= 15 is 0 Å². The molecule has 2 fully saturated rings. The third-order valence-electron chi connectivity index (χ3n) is 6.09. The van der Waals surface area contributed by atoms with Gasteiger partial charge in [-0.3, -0.25) is 9.59 Å². The molecule has 1 saturated heterocycles. The highest BCUT2D eigenvalue weighted by atomic mass is 16.5. The zero-order chi connectivity index (χ0) is 20.6. The van der Waals surface area contributed by atoms with Gasteiger partial charge >= 0.3 is 0 Å². The van der Waals surface area contributed by atoms with Crippen molar-refractivity contribution >= 4 is 11.8 Å². The second-order valence-electron chi connectivity index (χ2n) is 8.99. The molecule has 1 aromatic rings. The van der Waals surface area contributed by atoms with E-state index in [1.54, 1.807) is 6.07 Å². The quantitative estimate of drug-likeness (QED) is 0.737. The lowest BCUT2D eigenvalue weighted by Crippen LogP contribution is -2.42. The summed E-state index contributed by atoms with van der Waals surface area (Å²) in [6, 6.07) is 7.48. The average molecular weight is 401 g/mol. The van der Waals surface area contributed by atoms with Gasteiger partial charge < -0.3 is 15.0 Å². The Morgan fingerprint density at radius 1 is 1.07 bits per heavy atom. The van der Waals surface area contributed by atoms with Crippen LogP contribution in [-0.2, 0) is 4.79 Å². The molecule has 1 saturated carbocycles. The fourth-order valence-electron chi connectivity index (χ4n) is 4.52. The molecule has 0 aromatic heterocycles. The first-order chi connectivity index (χ1) is 14.0. The van der Waals surface area contributed by atoms with Crippen molar-refractivity contribution in [1.29, 1.82) is 0 Å². The summed E-state index contributed by atoms with van der Waals surface area (Å²) in [5, 5.41) is 2.93. The molecule has 1 aromatic carbocycles. The van der Waals surface area contributed by atoms with Crippen LogP contribution in [0.15, 0.2) is 24.3 Å². The number of nitrogens with one attached hydrogen (secondary N) is 1. The maximum Gasteiger partial charge on any atom is 0.255 e. The van der Waals surface area contributed by atoms with Gasteiger partial charge in [-0.25, -0.2) is 0 Å². The molecule has 160 valence electrons. The number of amides is 2. The summed E-state index contributed by atoms with van der Waals surface area (Å²) in [6.45, 7) is 6.07. The van der Waals surface area contributed by atoms with Crippen molar-refractivity contribution in [1.82, 2.24) is 10.2 Å². The molecular formula is C24H36N2O3. The highest BCUT2D eigenvalue weighted by Gasteiger charge is 2.27. The second kappa shape index (κ2) is 10.7. The zero-order valence-electron chi connectivity index (χ0n) is 18.0. The van der Waals surface area contributed by atoms with Gasteiger partial charge in [0.15, 0.2) is 0 Å². The SMILES string of the molecule is CC(C)NC(=O)c1ccccc1OCC1CCCN(C(=O)CC2CCCCC2)C1. The Balaban J connectivity index is 1.52. The van der Waals surface area contributed by atoms with Gasteiger partial charge in [0.25, 0.3) is 5.91 Å². The van der Waals surface area contributed by atoms with Crippen LogP contribution in [-0.4, -0.2) is 42.5 Å². The maximum atomic E-state index is 12.8. The molecule has 1 N–H and O–H groups in total. The van der Waals surface area contributed by atoms with Crippen molar-refractivity contribution in [3.8, 4) is 5.75 Å². The van der Waals surface area contributed by atoms with Crippen LogP contribution in [0.2, 0.25) is 0 Å². The van der Waals surface area contributed by atoms with Crippen molar-refractivity contribution in [2.24, 2.45) is 11.8 Å². The fourth-order valence-corrected chi connectivity index (χ4v) is 4.52. The monoisotopic (exact) mass is 400 g/mol. The minimum atomic E-state index is -0.108. The summed E-state index contributed by atoms with van der Waals surface area (Å²) in [4.78, 5) is 27.2. The normalized spacial score (nSPS) is 20.5. The second-order valence-corrected chi connectivity index (χ2v) is 8.99. The number of benzene rings is 1. The number of ether oxygens (including phenoxy) is 1. The molecule has 5 heteroatoms. The van der Waals surface area contributed by atoms with Gasteiger partial charge in [0.1, 0.15) is 5.75 Å². The minimum absolute atomic E-state index is 0.0811. The number of nitrogens with zero attached hydrogens (tertiary/aromatic N) is 1. The van der Waals surface area contributed by atoms with E-state index in [1.165, 1.54) is 32.1 Å². The number of rotatable bonds is 7. The lowest BCUT2D eigenvalue weighted by atomic mass is 9.86. The Labute approximate surface area is 175 Å². The third-order valence-corrected chi connectivity index (χ3v) is 6.09. The third kappa shape index (κ3) is 6.48. The van der Waals surface area contributed by atoms with Crippen LogP contribution in [0.25, 0.3) is 0 Å². The molecular weight excluding hydrogens is 364 g/mol. The minimum Gasteiger partial charge on any atom is -0.492 e. The standard InChI is InChI=1S/C24H36N2O3/c1-18(2)25-24(28)21-12-6-7-13-22(21)29-17-20-11-8-14-26(16-20)23(27)15-19-9-4-3-5-10-19/h6-7,12-13,18-20H,3-5,8-11,14-17H2,1-2H3,(H,25,28). The van der Waals surface area contributed by atoms with E-state index in [0.717, 1.165) is 25.9 Å². The Hall–Kier alpha value is -2.04. The van der Waals surface area contributed by atoms with Gasteiger partial charge in [-0.2, -0.15) is 0 Å². The van der Waals surface area contributed by atoms with Gasteiger partial charge in [0.05, 0.1) is 12.2 Å². The summed E-state index contributed by atoms with van der Waals surface area (Å²) in [7, 11) is 0. The Kier molecular flexibility index (Phi) is 7.96. The van der Waals surface area contributed by atoms with E-state index in [1.807, 2.05) is 36.9 Å². The molecule has 1 atom stereocenters. The molecule has 29 heavy (non-hydrogen) atoms. The largest absolute Gasteiger partial charge is 0.492 e. The molecule has 3 rings (SSSR count). The summed E-state index contributed by atoms with van der Waals surface area (Å²) in [6.07, 6.45) is 9.10. The number of carbonyl (C=O) groups excluding carboxylic acids is 2. The Morgan fingerprint density at radius 3 is 2.55 bits per heavy atom. The smallest absolute Gasteiger partial charge is 0.255 e. The maximum absolute atomic E-state index is 12.8. The number of para-hydroxylation sites is 1. The van der Waals surface area contributed by atoms with Crippen LogP contribution in [0, 0.1) is 11.8 Å². The van der Waals surface area contributed by atoms with Gasteiger partial charge in [0, 0.05) is 31.5 Å². The molecule has 1 heterocycles. The summed E-state index contributed by atoms with van der Waals surface area (Å²) >= 11 is 0. The summed E-state index contributed by atoms with van der Waals surface area (Å²) in [5.41, 5.74) is 0.572. The predicted octanol–water partition coefficient (Wildman–Crippen LogP) is 4.41. The van der Waals surface area contributed by atoms with Crippen LogP contribution in [0.5, 0.6) is 5.75 Å². The first-order valence-corrected chi connectivity index (χ1v) is 11.3. The highest BCUT2D eigenvalue weighted by molar-refractivity contribution is 5.97. The Morgan fingerprint density at radius 2 is 1.79 bits per heavy atom. The molecule has 0 bridgehead atoms. The molecule has 0 spiro atoms. The molecule has 0 radical (unpaired) electrons. The van der Waals surface area contributed by atoms with Crippen LogP contribution in [0.3, 0.4) is 0 Å². The molecule has 2 aliphatic rings. The fraction of sp³-hybridized carbons (Fsp3) is 0.667. The lowest BCUT2D eigenvalue weighted by Gasteiger charge is -2.34. The predicted molar refractivity (Wildman–Crippen MR) is 115 cm³/mol. The molecule has 1 aliphatic heterocycles. The van der Waals surface area contributed by atoms with Gasteiger partial charge in [-0.15, -0.1) is 0 Å². The molecule has 2 amide bonds. The Bertz CT molecular complexity index is 682. The van der Waals surface area contributed by atoms with Crippen molar-refractivity contribution in [2.75, 3.05) is 19.7 Å². The van der Waals surface area contributed by atoms with E-state index < -0.39 is 0 Å². The summed E-state index contributed by atoms with van der Waals surface area (Å²) in [5.74, 6) is 1.73. The molecule has 1 aliphatic carbocycles. The molecule has 1 unspecified atom stereocenters. The van der Waals surface area contributed by atoms with E-state index in [-0.39, 0.29) is 11.9 Å². The topological polar surface area (TPSA) is 58.6 Å². The highest BCUT2D eigenvalue weighted by Crippen LogP contribution is 2.28. The van der Waals surface area contributed by atoms with Crippen LogP contribution >= 0.6 is 0 Å². The van der Waals surface area contributed by atoms with Gasteiger partial charge in [-0.05, 0) is 57.6 Å². The van der Waals surface area contributed by atoms with Crippen molar-refractivity contribution < 1.29 is 14.3 Å².